The maximum absolute atomic E-state index is 13.7. The van der Waals surface area contributed by atoms with Gasteiger partial charge in [-0.1, -0.05) is 50.2 Å². The Morgan fingerprint density at radius 1 is 1.07 bits per heavy atom. The standard InChI is InChI=1S/C35H47N3O4/c1-24(2)27-11-9-12-29(20-27)35(3,4)37-22-33(39)32-19-25-10-8-13-31(18-25)42-15-7-6-14-36-30-17-26(23-41-5)16-28(21-30)34(40)38-32/h8-13,16-18,20-21,24,32-33,36-37,39H,6-7,14-15,19,22-23H2,1-5H3,(H,38,40)/t32-,33+/m0/s1. The third kappa shape index (κ3) is 8.81. The van der Waals surface area contributed by atoms with E-state index in [9.17, 15) is 9.90 Å². The molecule has 7 heteroatoms. The smallest absolute Gasteiger partial charge is 0.251 e. The summed E-state index contributed by atoms with van der Waals surface area (Å²) in [5, 5.41) is 21.7. The summed E-state index contributed by atoms with van der Waals surface area (Å²) in [5.41, 5.74) is 5.36. The molecule has 1 aliphatic rings. The minimum absolute atomic E-state index is 0.233. The summed E-state index contributed by atoms with van der Waals surface area (Å²) in [6, 6.07) is 21.7. The Morgan fingerprint density at radius 3 is 2.67 bits per heavy atom. The molecular weight excluding hydrogens is 526 g/mol. The molecule has 4 rings (SSSR count). The Morgan fingerprint density at radius 2 is 1.88 bits per heavy atom. The van der Waals surface area contributed by atoms with Crippen LogP contribution in [0.1, 0.15) is 79.1 Å². The van der Waals surface area contributed by atoms with Crippen LogP contribution in [0.2, 0.25) is 0 Å². The molecule has 0 aliphatic carbocycles. The number of aliphatic hydroxyl groups excluding tert-OH is 1. The van der Waals surface area contributed by atoms with Crippen molar-refractivity contribution in [2.45, 2.75) is 77.2 Å². The van der Waals surface area contributed by atoms with E-state index in [0.717, 1.165) is 47.5 Å². The molecule has 7 nitrogen and oxygen atoms in total. The fourth-order valence-corrected chi connectivity index (χ4v) is 5.27. The van der Waals surface area contributed by atoms with Crippen LogP contribution in [0.15, 0.2) is 66.7 Å². The Labute approximate surface area is 251 Å². The van der Waals surface area contributed by atoms with Gasteiger partial charge in [0.05, 0.1) is 25.4 Å². The zero-order chi connectivity index (χ0) is 30.1. The van der Waals surface area contributed by atoms with Crippen LogP contribution in [0.3, 0.4) is 0 Å². The predicted molar refractivity (Wildman–Crippen MR) is 169 cm³/mol. The summed E-state index contributed by atoms with van der Waals surface area (Å²) in [4.78, 5) is 13.7. The van der Waals surface area contributed by atoms with Gasteiger partial charge in [-0.15, -0.1) is 0 Å². The number of carbonyl (C=O) groups excluding carboxylic acids is 1. The minimum atomic E-state index is -0.843. The van der Waals surface area contributed by atoms with Gasteiger partial charge in [-0.25, -0.2) is 0 Å². The van der Waals surface area contributed by atoms with Gasteiger partial charge < -0.3 is 30.5 Å². The highest BCUT2D eigenvalue weighted by molar-refractivity contribution is 5.95. The molecule has 1 amide bonds. The lowest BCUT2D eigenvalue weighted by molar-refractivity contribution is 0.0813. The fraction of sp³-hybridized carbons (Fsp3) is 0.457. The molecule has 0 saturated heterocycles. The van der Waals surface area contributed by atoms with Crippen LogP contribution in [0.4, 0.5) is 5.69 Å². The van der Waals surface area contributed by atoms with Crippen molar-refractivity contribution < 1.29 is 19.4 Å². The van der Waals surface area contributed by atoms with Crippen molar-refractivity contribution in [1.82, 2.24) is 10.6 Å². The molecule has 0 saturated carbocycles. The molecule has 3 aromatic rings. The molecule has 0 unspecified atom stereocenters. The molecule has 42 heavy (non-hydrogen) atoms. The summed E-state index contributed by atoms with van der Waals surface area (Å²) in [7, 11) is 1.65. The normalized spacial score (nSPS) is 17.2. The molecule has 4 bridgehead atoms. The highest BCUT2D eigenvalue weighted by Gasteiger charge is 2.27. The molecule has 3 aromatic carbocycles. The SMILES string of the molecule is COCc1cc2cc(c1)C(=O)N[C@H]([C@H](O)CNC(C)(C)c1cccc(C(C)C)c1)Cc1cccc(c1)OCCCCN2. The second kappa shape index (κ2) is 14.7. The molecule has 0 spiro atoms. The average Bonchev–Trinajstić information content (AvgIpc) is 2.97. The van der Waals surface area contributed by atoms with Gasteiger partial charge in [0.1, 0.15) is 5.75 Å². The third-order valence-electron chi connectivity index (χ3n) is 7.90. The lowest BCUT2D eigenvalue weighted by atomic mass is 9.90. The highest BCUT2D eigenvalue weighted by atomic mass is 16.5. The van der Waals surface area contributed by atoms with E-state index in [1.165, 1.54) is 5.56 Å². The van der Waals surface area contributed by atoms with Crippen molar-refractivity contribution in [1.29, 1.82) is 0 Å². The van der Waals surface area contributed by atoms with Crippen LogP contribution < -0.4 is 20.7 Å². The maximum atomic E-state index is 13.7. The Balaban J connectivity index is 1.59. The molecule has 226 valence electrons. The summed E-state index contributed by atoms with van der Waals surface area (Å²) in [6.07, 6.45) is 1.46. The first-order chi connectivity index (χ1) is 20.1. The largest absolute Gasteiger partial charge is 0.494 e. The summed E-state index contributed by atoms with van der Waals surface area (Å²) in [5.74, 6) is 0.993. The molecule has 4 N–H and O–H groups in total. The number of fused-ring (bicyclic) bond motifs is 4. The number of aliphatic hydroxyl groups is 1. The van der Waals surface area contributed by atoms with Crippen LogP contribution >= 0.6 is 0 Å². The van der Waals surface area contributed by atoms with Crippen molar-refractivity contribution in [2.75, 3.05) is 32.1 Å². The predicted octanol–water partition coefficient (Wildman–Crippen LogP) is 5.77. The highest BCUT2D eigenvalue weighted by Crippen LogP contribution is 2.25. The Hall–Kier alpha value is -3.39. The van der Waals surface area contributed by atoms with Crippen LogP contribution in [0.25, 0.3) is 0 Å². The summed E-state index contributed by atoms with van der Waals surface area (Å²) < 4.78 is 11.4. The Bertz CT molecular complexity index is 1320. The zero-order valence-corrected chi connectivity index (χ0v) is 25.7. The van der Waals surface area contributed by atoms with Crippen LogP contribution in [0.5, 0.6) is 5.75 Å². The first kappa shape index (κ1) is 31.5. The molecule has 0 radical (unpaired) electrons. The second-order valence-corrected chi connectivity index (χ2v) is 12.1. The van der Waals surface area contributed by atoms with Gasteiger partial charge in [0.15, 0.2) is 0 Å². The average molecular weight is 574 g/mol. The van der Waals surface area contributed by atoms with E-state index < -0.39 is 12.1 Å². The number of carbonyl (C=O) groups is 1. The number of ether oxygens (including phenoxy) is 2. The van der Waals surface area contributed by atoms with Crippen molar-refractivity contribution in [3.05, 3.63) is 94.5 Å². The second-order valence-electron chi connectivity index (χ2n) is 12.1. The van der Waals surface area contributed by atoms with E-state index in [2.05, 4.69) is 67.9 Å². The van der Waals surface area contributed by atoms with E-state index >= 15 is 0 Å². The topological polar surface area (TPSA) is 91.9 Å². The maximum Gasteiger partial charge on any atom is 0.251 e. The molecule has 1 heterocycles. The number of hydrogen-bond acceptors (Lipinski definition) is 6. The summed E-state index contributed by atoms with van der Waals surface area (Å²) in [6.45, 7) is 10.7. The van der Waals surface area contributed by atoms with Crippen molar-refractivity contribution in [3.63, 3.8) is 0 Å². The summed E-state index contributed by atoms with van der Waals surface area (Å²) >= 11 is 0. The number of anilines is 1. The van der Waals surface area contributed by atoms with E-state index in [4.69, 9.17) is 9.47 Å². The number of rotatable bonds is 8. The quantitative estimate of drug-likeness (QED) is 0.274. The lowest BCUT2D eigenvalue weighted by Crippen LogP contribution is -2.51. The van der Waals surface area contributed by atoms with Crippen LogP contribution in [0, 0.1) is 0 Å². The van der Waals surface area contributed by atoms with E-state index in [-0.39, 0.29) is 11.4 Å². The van der Waals surface area contributed by atoms with Gasteiger partial charge in [0.25, 0.3) is 5.91 Å². The van der Waals surface area contributed by atoms with Crippen molar-refractivity contribution >= 4 is 11.6 Å². The molecule has 0 aromatic heterocycles. The zero-order valence-electron chi connectivity index (χ0n) is 25.7. The number of hydrogen-bond donors (Lipinski definition) is 4. The van der Waals surface area contributed by atoms with Gasteiger partial charge >= 0.3 is 0 Å². The Kier molecular flexibility index (Phi) is 11.0. The van der Waals surface area contributed by atoms with E-state index in [1.54, 1.807) is 7.11 Å². The number of nitrogens with one attached hydrogen (secondary N) is 3. The van der Waals surface area contributed by atoms with Crippen molar-refractivity contribution in [2.24, 2.45) is 0 Å². The first-order valence-electron chi connectivity index (χ1n) is 15.1. The van der Waals surface area contributed by atoms with Gasteiger partial charge in [0, 0.05) is 37.0 Å². The van der Waals surface area contributed by atoms with Gasteiger partial charge in [-0.2, -0.15) is 0 Å². The molecule has 0 fully saturated rings. The molecule has 1 aliphatic heterocycles. The van der Waals surface area contributed by atoms with Gasteiger partial charge in [-0.05, 0) is 91.6 Å². The monoisotopic (exact) mass is 573 g/mol. The minimum Gasteiger partial charge on any atom is -0.494 e. The van der Waals surface area contributed by atoms with Crippen molar-refractivity contribution in [3.8, 4) is 5.75 Å². The van der Waals surface area contributed by atoms with Crippen LogP contribution in [-0.4, -0.2) is 50.0 Å². The van der Waals surface area contributed by atoms with Gasteiger partial charge in [-0.3, -0.25) is 4.79 Å². The lowest BCUT2D eigenvalue weighted by Gasteiger charge is -2.32. The fourth-order valence-electron chi connectivity index (χ4n) is 5.27. The first-order valence-corrected chi connectivity index (χ1v) is 15.1. The number of benzene rings is 3. The van der Waals surface area contributed by atoms with E-state index in [1.807, 2.05) is 42.5 Å². The number of amides is 1. The molecular formula is C35H47N3O4. The van der Waals surface area contributed by atoms with Gasteiger partial charge in [0.2, 0.25) is 0 Å². The third-order valence-corrected chi connectivity index (χ3v) is 7.90. The van der Waals surface area contributed by atoms with E-state index in [0.29, 0.717) is 37.7 Å². The molecule has 2 atom stereocenters. The number of methoxy groups -OCH3 is 1. The van der Waals surface area contributed by atoms with Crippen LogP contribution in [-0.2, 0) is 23.3 Å².